The van der Waals surface area contributed by atoms with Gasteiger partial charge in [0.05, 0.1) is 0 Å². The third kappa shape index (κ3) is 2.59. The van der Waals surface area contributed by atoms with E-state index in [1.807, 2.05) is 0 Å². The average Bonchev–Trinajstić information content (AvgIpc) is 1.65. The zero-order chi connectivity index (χ0) is 5.86. The summed E-state index contributed by atoms with van der Waals surface area (Å²) in [5.74, 6) is 0. The summed E-state index contributed by atoms with van der Waals surface area (Å²) in [5, 5.41) is 0. The van der Waals surface area contributed by atoms with Crippen LogP contribution in [0.3, 0.4) is 0 Å². The van der Waals surface area contributed by atoms with Crippen LogP contribution in [0.4, 0.5) is 0 Å². The van der Waals surface area contributed by atoms with Crippen molar-refractivity contribution in [3.8, 4) is 0 Å². The lowest BCUT2D eigenvalue weighted by Crippen LogP contribution is -2.09. The zero-order valence-corrected chi connectivity index (χ0v) is 5.18. The Labute approximate surface area is 45.0 Å². The summed E-state index contributed by atoms with van der Waals surface area (Å²) in [7, 11) is -0.906. The molecule has 7 heavy (non-hydrogen) atoms. The van der Waals surface area contributed by atoms with Crippen molar-refractivity contribution in [3.63, 3.8) is 0 Å². The molecule has 1 radical (unpaired) electrons. The molecule has 3 nitrogen and oxygen atoms in total. The molecule has 0 amide bonds. The molecule has 0 N–H and O–H groups in total. The Hall–Kier alpha value is -0.0900. The Balaban J connectivity index is 3.57. The first-order chi connectivity index (χ1) is 3.18. The normalized spacial score (nSPS) is 10.9. The predicted molar refractivity (Wildman–Crippen MR) is 28.1 cm³/mol. The van der Waals surface area contributed by atoms with Crippen LogP contribution in [0.2, 0.25) is 0 Å². The van der Waals surface area contributed by atoms with Gasteiger partial charge in [0.15, 0.2) is 0 Å². The van der Waals surface area contributed by atoms with Gasteiger partial charge in [-0.05, 0) is 6.92 Å². The predicted octanol–water partition coefficient (Wildman–Crippen LogP) is -0.374. The highest BCUT2D eigenvalue weighted by Gasteiger charge is 1.90. The van der Waals surface area contributed by atoms with Gasteiger partial charge in [0.25, 0.3) is 0 Å². The number of thiol groups is 1. The molecule has 0 bridgehead atoms. The molecular formula is C3H8NO2S. The van der Waals surface area contributed by atoms with Crippen molar-refractivity contribution in [2.45, 2.75) is 6.92 Å². The molecule has 0 unspecified atom stereocenters. The minimum atomic E-state index is -2.38. The Morgan fingerprint density at radius 1 is 1.57 bits per heavy atom. The Kier molecular flexibility index (Phi) is 2.95. The molecule has 0 aliphatic heterocycles. The van der Waals surface area contributed by atoms with Crippen molar-refractivity contribution >= 4 is 10.9 Å². The molecule has 0 heterocycles. The Morgan fingerprint density at radius 2 is 2.00 bits per heavy atom. The molecule has 0 aliphatic rings. The van der Waals surface area contributed by atoms with Crippen molar-refractivity contribution in [1.29, 1.82) is 0 Å². The Morgan fingerprint density at radius 3 is 2.00 bits per heavy atom. The van der Waals surface area contributed by atoms with Crippen LogP contribution in [0.25, 0.3) is 0 Å². The van der Waals surface area contributed by atoms with Crippen LogP contribution in [0.15, 0.2) is 0 Å². The van der Waals surface area contributed by atoms with Gasteiger partial charge in [0, 0.05) is 13.6 Å². The highest BCUT2D eigenvalue weighted by Crippen LogP contribution is 1.81. The molecule has 43 valence electrons. The van der Waals surface area contributed by atoms with Gasteiger partial charge in [-0.15, -0.1) is 0 Å². The molecule has 0 aromatic heterocycles. The van der Waals surface area contributed by atoms with Crippen LogP contribution in [-0.4, -0.2) is 19.8 Å². The van der Waals surface area contributed by atoms with Crippen LogP contribution < -0.4 is 0 Å². The number of nitrogens with zero attached hydrogens (tertiary/aromatic N) is 1. The first-order valence-corrected chi connectivity index (χ1v) is 2.98. The largest absolute Gasteiger partial charge is 0.215 e. The van der Waals surface area contributed by atoms with Crippen molar-refractivity contribution in [2.24, 2.45) is 0 Å². The van der Waals surface area contributed by atoms with Gasteiger partial charge in [-0.1, -0.05) is 0 Å². The fourth-order valence-corrected chi connectivity index (χ4v) is 0.283. The topological polar surface area (TPSA) is 37.4 Å². The second-order valence-electron chi connectivity index (χ2n) is 1.07. The van der Waals surface area contributed by atoms with Crippen molar-refractivity contribution in [1.82, 2.24) is 4.31 Å². The maximum atomic E-state index is 9.86. The third-order valence-electron chi connectivity index (χ3n) is 0.631. The molecule has 4 heteroatoms. The van der Waals surface area contributed by atoms with Gasteiger partial charge in [0.1, 0.15) is 0 Å². The lowest BCUT2D eigenvalue weighted by atomic mass is 10.8. The number of hydrogen-bond acceptors (Lipinski definition) is 2. The first-order valence-electron chi connectivity index (χ1n) is 1.85. The maximum Gasteiger partial charge on any atom is 0.203 e. The average molecular weight is 122 g/mol. The van der Waals surface area contributed by atoms with Gasteiger partial charge < -0.3 is 0 Å². The van der Waals surface area contributed by atoms with Gasteiger partial charge in [-0.3, -0.25) is 0 Å². The standard InChI is InChI=1S/C3H8NO2S/c1-3-4(2)7(5)6/h3,7H,1-2H3. The van der Waals surface area contributed by atoms with E-state index >= 15 is 0 Å². The molecule has 0 spiro atoms. The minimum Gasteiger partial charge on any atom is -0.215 e. The van der Waals surface area contributed by atoms with Crippen molar-refractivity contribution in [2.75, 3.05) is 7.05 Å². The van der Waals surface area contributed by atoms with Crippen LogP contribution in [0, 0.1) is 6.54 Å². The van der Waals surface area contributed by atoms with E-state index in [0.29, 0.717) is 0 Å². The van der Waals surface area contributed by atoms with Crippen molar-refractivity contribution < 1.29 is 8.42 Å². The highest BCUT2D eigenvalue weighted by molar-refractivity contribution is 7.69. The fourth-order valence-electron chi connectivity index (χ4n) is 0.0943. The summed E-state index contributed by atoms with van der Waals surface area (Å²) in [4.78, 5) is 0. The first kappa shape index (κ1) is 6.91. The van der Waals surface area contributed by atoms with Gasteiger partial charge in [0.2, 0.25) is 10.9 Å². The lowest BCUT2D eigenvalue weighted by molar-refractivity contribution is 0.543. The van der Waals surface area contributed by atoms with E-state index in [2.05, 4.69) is 0 Å². The molecule has 0 aromatic rings. The van der Waals surface area contributed by atoms with E-state index in [4.69, 9.17) is 0 Å². The van der Waals surface area contributed by atoms with E-state index in [9.17, 15) is 8.42 Å². The summed E-state index contributed by atoms with van der Waals surface area (Å²) in [6, 6.07) is 0. The Bertz CT molecular complexity index is 102. The number of hydrogen-bond donors (Lipinski definition) is 1. The van der Waals surface area contributed by atoms with E-state index in [-0.39, 0.29) is 0 Å². The highest BCUT2D eigenvalue weighted by atomic mass is 32.2. The quantitative estimate of drug-likeness (QED) is 0.507. The second-order valence-corrected chi connectivity index (χ2v) is 2.18. The summed E-state index contributed by atoms with van der Waals surface area (Å²) in [6.07, 6.45) is 0. The summed E-state index contributed by atoms with van der Waals surface area (Å²) < 4.78 is 20.8. The van der Waals surface area contributed by atoms with Crippen molar-refractivity contribution in [3.05, 3.63) is 6.54 Å². The van der Waals surface area contributed by atoms with Gasteiger partial charge >= 0.3 is 0 Å². The molecule has 0 atom stereocenters. The lowest BCUT2D eigenvalue weighted by Gasteiger charge is -1.98. The minimum absolute atomic E-state index is 1.12. The van der Waals surface area contributed by atoms with Gasteiger partial charge in [-0.25, -0.2) is 12.7 Å². The smallest absolute Gasteiger partial charge is 0.203 e. The SMILES string of the molecule is C[CH]N(C)[SH](=O)=O. The van der Waals surface area contributed by atoms with E-state index in [1.54, 1.807) is 6.92 Å². The van der Waals surface area contributed by atoms with Crippen LogP contribution >= 0.6 is 0 Å². The number of rotatable bonds is 2. The van der Waals surface area contributed by atoms with Crippen LogP contribution in [0.5, 0.6) is 0 Å². The molecule has 0 aromatic carbocycles. The molecule has 0 fully saturated rings. The maximum absolute atomic E-state index is 9.86. The zero-order valence-electron chi connectivity index (χ0n) is 4.29. The van der Waals surface area contributed by atoms with Gasteiger partial charge in [-0.2, -0.15) is 0 Å². The molecular weight excluding hydrogens is 114 g/mol. The third-order valence-corrected chi connectivity index (χ3v) is 1.38. The van der Waals surface area contributed by atoms with Crippen LogP contribution in [-0.2, 0) is 10.9 Å². The second kappa shape index (κ2) is 2.98. The van der Waals surface area contributed by atoms with Crippen LogP contribution in [0.1, 0.15) is 6.92 Å². The fraction of sp³-hybridized carbons (Fsp3) is 0.667. The molecule has 0 rings (SSSR count). The monoisotopic (exact) mass is 122 g/mol. The van der Waals surface area contributed by atoms with E-state index in [0.717, 1.165) is 4.31 Å². The van der Waals surface area contributed by atoms with E-state index in [1.165, 1.54) is 13.6 Å². The molecule has 0 saturated heterocycles. The molecule has 0 aliphatic carbocycles. The van der Waals surface area contributed by atoms with E-state index < -0.39 is 10.9 Å². The summed E-state index contributed by atoms with van der Waals surface area (Å²) in [5.41, 5.74) is 0. The molecule has 0 saturated carbocycles. The summed E-state index contributed by atoms with van der Waals surface area (Å²) in [6.45, 7) is 3.14. The summed E-state index contributed by atoms with van der Waals surface area (Å²) >= 11 is 0.